The van der Waals surface area contributed by atoms with Gasteiger partial charge in [0.15, 0.2) is 0 Å². The molecule has 0 saturated heterocycles. The van der Waals surface area contributed by atoms with E-state index in [0.29, 0.717) is 19.3 Å². The number of aryl methyl sites for hydroxylation is 1. The maximum Gasteiger partial charge on any atom is 0.357 e. The van der Waals surface area contributed by atoms with Crippen LogP contribution in [0.25, 0.3) is 0 Å². The molecular formula is C29H37N3O6S2. The van der Waals surface area contributed by atoms with E-state index in [4.69, 9.17) is 14.3 Å². The highest BCUT2D eigenvalue weighted by atomic mass is 32.2. The van der Waals surface area contributed by atoms with Crippen molar-refractivity contribution < 1.29 is 27.3 Å². The summed E-state index contributed by atoms with van der Waals surface area (Å²) < 4.78 is 38.8. The van der Waals surface area contributed by atoms with Crippen LogP contribution in [0.4, 0.5) is 5.69 Å². The number of rotatable bonds is 13. The van der Waals surface area contributed by atoms with Crippen molar-refractivity contribution in [1.29, 1.82) is 0 Å². The molecule has 2 aromatic carbocycles. The molecule has 0 aliphatic carbocycles. The van der Waals surface area contributed by atoms with Crippen LogP contribution in [0.5, 0.6) is 0 Å². The number of esters is 1. The van der Waals surface area contributed by atoms with Crippen LogP contribution in [-0.4, -0.2) is 35.4 Å². The van der Waals surface area contributed by atoms with Crippen LogP contribution < -0.4 is 10.0 Å². The van der Waals surface area contributed by atoms with Gasteiger partial charge in [-0.3, -0.25) is 18.9 Å². The van der Waals surface area contributed by atoms with Gasteiger partial charge in [0, 0.05) is 17.7 Å². The molecule has 40 heavy (non-hydrogen) atoms. The molecule has 0 aliphatic heterocycles. The molecule has 0 fully saturated rings. The molecule has 11 heteroatoms. The number of benzene rings is 2. The van der Waals surface area contributed by atoms with E-state index < -0.39 is 27.9 Å². The second kappa shape index (κ2) is 13.9. The predicted octanol–water partition coefficient (Wildman–Crippen LogP) is 5.30. The first kappa shape index (κ1) is 31.3. The van der Waals surface area contributed by atoms with Gasteiger partial charge in [-0.05, 0) is 69.7 Å². The number of thiazole rings is 1. The highest BCUT2D eigenvalue weighted by Crippen LogP contribution is 2.26. The van der Waals surface area contributed by atoms with E-state index in [1.54, 1.807) is 24.3 Å². The Morgan fingerprint density at radius 3 is 2.25 bits per heavy atom. The van der Waals surface area contributed by atoms with Gasteiger partial charge in [-0.1, -0.05) is 49.4 Å². The average molecular weight is 588 g/mol. The fraction of sp³-hybridized carbons (Fsp3) is 0.414. The van der Waals surface area contributed by atoms with Gasteiger partial charge in [0.25, 0.3) is 0 Å². The summed E-state index contributed by atoms with van der Waals surface area (Å²) in [4.78, 5) is 30.9. The van der Waals surface area contributed by atoms with Crippen molar-refractivity contribution in [1.82, 2.24) is 10.3 Å². The number of amides is 1. The lowest BCUT2D eigenvalue weighted by molar-refractivity contribution is -0.155. The first-order chi connectivity index (χ1) is 18.8. The van der Waals surface area contributed by atoms with E-state index in [1.165, 1.54) is 11.3 Å². The average Bonchev–Trinajstić information content (AvgIpc) is 3.35. The number of anilines is 1. The lowest BCUT2D eigenvalue weighted by Crippen LogP contribution is -2.36. The highest BCUT2D eigenvalue weighted by Gasteiger charge is 2.26. The number of nitrogens with zero attached hydrogens (tertiary/aromatic N) is 1. The zero-order chi connectivity index (χ0) is 29.3. The molecule has 3 N–H and O–H groups in total. The Bertz CT molecular complexity index is 1370. The fourth-order valence-corrected chi connectivity index (χ4v) is 5.52. The minimum Gasteiger partial charge on any atom is -0.460 e. The van der Waals surface area contributed by atoms with E-state index in [2.05, 4.69) is 5.32 Å². The standard InChI is InChI=1S/C29H37N3O6S2/c1-5-23-19-39-28(30-23)25(18-21-11-14-24(15-12-21)32-40(35,36)37)31-27(34)22(17-20-9-7-6-8-10-20)13-16-26(33)38-29(2,3)4/h6-12,14-15,19,22,25,32H,5,13,16-18H2,1-4H3,(H,31,34)(H,35,36,37)/t22-,25+/m1/s1. The summed E-state index contributed by atoms with van der Waals surface area (Å²) in [6.07, 6.45) is 2.09. The third-order valence-electron chi connectivity index (χ3n) is 6.00. The Kier molecular flexibility index (Phi) is 10.8. The van der Waals surface area contributed by atoms with Crippen LogP contribution in [0.2, 0.25) is 0 Å². The summed E-state index contributed by atoms with van der Waals surface area (Å²) in [5.41, 5.74) is 2.38. The van der Waals surface area contributed by atoms with Gasteiger partial charge < -0.3 is 10.1 Å². The molecule has 1 aromatic heterocycles. The maximum absolute atomic E-state index is 13.7. The van der Waals surface area contributed by atoms with Gasteiger partial charge in [-0.2, -0.15) is 8.42 Å². The lowest BCUT2D eigenvalue weighted by atomic mass is 9.93. The molecule has 0 spiro atoms. The van der Waals surface area contributed by atoms with E-state index in [-0.39, 0.29) is 24.0 Å². The fourth-order valence-electron chi connectivity index (χ4n) is 4.14. The van der Waals surface area contributed by atoms with Crippen molar-refractivity contribution in [2.45, 2.75) is 71.4 Å². The Hall–Kier alpha value is -3.28. The van der Waals surface area contributed by atoms with Gasteiger partial charge in [-0.15, -0.1) is 11.3 Å². The number of carbonyl (C=O) groups is 2. The van der Waals surface area contributed by atoms with Crippen molar-refractivity contribution >= 4 is 39.2 Å². The number of aromatic nitrogens is 1. The molecule has 3 rings (SSSR count). The SMILES string of the molecule is CCc1csc([C@H](Cc2ccc(NS(=O)(=O)O)cc2)NC(=O)[C@H](CCC(=O)OC(C)(C)C)Cc2ccccc2)n1. The van der Waals surface area contributed by atoms with Crippen LogP contribution >= 0.6 is 11.3 Å². The monoisotopic (exact) mass is 587 g/mol. The second-order valence-corrected chi connectivity index (χ2v) is 12.6. The molecule has 3 aromatic rings. The van der Waals surface area contributed by atoms with Crippen molar-refractivity contribution in [3.63, 3.8) is 0 Å². The molecular weight excluding hydrogens is 550 g/mol. The van der Waals surface area contributed by atoms with Gasteiger partial charge in [0.1, 0.15) is 10.6 Å². The summed E-state index contributed by atoms with van der Waals surface area (Å²) >= 11 is 1.47. The predicted molar refractivity (Wildman–Crippen MR) is 156 cm³/mol. The molecule has 9 nitrogen and oxygen atoms in total. The highest BCUT2D eigenvalue weighted by molar-refractivity contribution is 7.87. The van der Waals surface area contributed by atoms with E-state index in [9.17, 15) is 18.0 Å². The summed E-state index contributed by atoms with van der Waals surface area (Å²) in [5.74, 6) is -0.999. The molecule has 1 amide bonds. The number of hydrogen-bond acceptors (Lipinski definition) is 7. The van der Waals surface area contributed by atoms with Crippen molar-refractivity contribution in [3.05, 3.63) is 81.8 Å². The Balaban J connectivity index is 1.81. The van der Waals surface area contributed by atoms with Gasteiger partial charge in [0.2, 0.25) is 5.91 Å². The van der Waals surface area contributed by atoms with Crippen LogP contribution in [-0.2, 0) is 43.9 Å². The van der Waals surface area contributed by atoms with Gasteiger partial charge >= 0.3 is 16.3 Å². The molecule has 0 unspecified atom stereocenters. The van der Waals surface area contributed by atoms with Crippen LogP contribution in [0.1, 0.15) is 68.4 Å². The van der Waals surface area contributed by atoms with Crippen molar-refractivity contribution in [2.24, 2.45) is 5.92 Å². The molecule has 0 radical (unpaired) electrons. The third kappa shape index (κ3) is 10.7. The van der Waals surface area contributed by atoms with Crippen LogP contribution in [0.15, 0.2) is 60.0 Å². The summed E-state index contributed by atoms with van der Waals surface area (Å²) in [6.45, 7) is 7.45. The Morgan fingerprint density at radius 1 is 1.02 bits per heavy atom. The number of hydrogen-bond donors (Lipinski definition) is 3. The molecule has 2 atom stereocenters. The number of ether oxygens (including phenoxy) is 1. The zero-order valence-electron chi connectivity index (χ0n) is 23.2. The molecule has 0 saturated carbocycles. The first-order valence-corrected chi connectivity index (χ1v) is 15.5. The Morgan fingerprint density at radius 2 is 1.68 bits per heavy atom. The van der Waals surface area contributed by atoms with Gasteiger partial charge in [-0.25, -0.2) is 4.98 Å². The minimum absolute atomic E-state index is 0.117. The van der Waals surface area contributed by atoms with Crippen LogP contribution in [0.3, 0.4) is 0 Å². The van der Waals surface area contributed by atoms with Crippen LogP contribution in [0, 0.1) is 5.92 Å². The normalized spacial score (nSPS) is 13.3. The van der Waals surface area contributed by atoms with E-state index >= 15 is 0 Å². The first-order valence-electron chi connectivity index (χ1n) is 13.2. The number of carbonyl (C=O) groups excluding carboxylic acids is 2. The third-order valence-corrected chi connectivity index (χ3v) is 7.50. The van der Waals surface area contributed by atoms with Gasteiger partial charge in [0.05, 0.1) is 17.4 Å². The minimum atomic E-state index is -4.38. The van der Waals surface area contributed by atoms with Crippen molar-refractivity contribution in [3.8, 4) is 0 Å². The molecule has 1 heterocycles. The summed E-state index contributed by atoms with van der Waals surface area (Å²) in [5, 5.41) is 5.90. The maximum atomic E-state index is 13.7. The lowest BCUT2D eigenvalue weighted by Gasteiger charge is -2.23. The molecule has 0 aliphatic rings. The smallest absolute Gasteiger partial charge is 0.357 e. The van der Waals surface area contributed by atoms with E-state index in [1.807, 2.05) is 68.1 Å². The quantitative estimate of drug-likeness (QED) is 0.182. The second-order valence-electron chi connectivity index (χ2n) is 10.6. The summed E-state index contributed by atoms with van der Waals surface area (Å²) in [7, 11) is -4.38. The Labute approximate surface area is 240 Å². The van der Waals surface area contributed by atoms with Crippen molar-refractivity contribution in [2.75, 3.05) is 4.72 Å². The number of nitrogens with one attached hydrogen (secondary N) is 2. The molecule has 216 valence electrons. The largest absolute Gasteiger partial charge is 0.460 e. The molecule has 0 bridgehead atoms. The zero-order valence-corrected chi connectivity index (χ0v) is 24.8. The summed E-state index contributed by atoms with van der Waals surface area (Å²) in [6, 6.07) is 15.8. The van der Waals surface area contributed by atoms with E-state index in [0.717, 1.165) is 28.2 Å². The topological polar surface area (TPSA) is 135 Å².